The van der Waals surface area contributed by atoms with Crippen LogP contribution in [0.1, 0.15) is 31.7 Å². The number of rotatable bonds is 3. The molecule has 1 fully saturated rings. The Kier molecular flexibility index (Phi) is 3.38. The summed E-state index contributed by atoms with van der Waals surface area (Å²) in [6.45, 7) is 2.04. The van der Waals surface area contributed by atoms with Gasteiger partial charge in [-0.3, -0.25) is 4.79 Å². The molecule has 0 bridgehead atoms. The van der Waals surface area contributed by atoms with Gasteiger partial charge in [0.15, 0.2) is 0 Å². The molecule has 1 N–H and O–H groups in total. The lowest BCUT2D eigenvalue weighted by Gasteiger charge is -2.27. The van der Waals surface area contributed by atoms with Crippen LogP contribution >= 0.6 is 11.6 Å². The van der Waals surface area contributed by atoms with E-state index in [1.807, 2.05) is 13.0 Å². The summed E-state index contributed by atoms with van der Waals surface area (Å²) in [5, 5.41) is 3.14. The minimum Gasteiger partial charge on any atom is -0.350 e. The molecule has 1 saturated heterocycles. The van der Waals surface area contributed by atoms with Gasteiger partial charge in [-0.05, 0) is 37.0 Å². The van der Waals surface area contributed by atoms with Gasteiger partial charge in [-0.2, -0.15) is 0 Å². The summed E-state index contributed by atoms with van der Waals surface area (Å²) in [6.07, 6.45) is 2.88. The van der Waals surface area contributed by atoms with Crippen LogP contribution in [-0.2, 0) is 11.2 Å². The Hall–Kier alpha value is -1.09. The van der Waals surface area contributed by atoms with Gasteiger partial charge in [0.25, 0.3) is 0 Å². The smallest absolute Gasteiger partial charge is 0.220 e. The van der Waals surface area contributed by atoms with Crippen LogP contribution in [-0.4, -0.2) is 11.4 Å². The lowest BCUT2D eigenvalue weighted by molar-refractivity contribution is -0.119. The van der Waals surface area contributed by atoms with Crippen molar-refractivity contribution >= 4 is 17.5 Å². The Morgan fingerprint density at radius 2 is 2.29 bits per heavy atom. The zero-order valence-electron chi connectivity index (χ0n) is 9.72. The SMILES string of the molecule is CCC1(Cc2ccc(Cl)c(F)c2)CCC(=O)N1. The summed E-state index contributed by atoms with van der Waals surface area (Å²) in [4.78, 5) is 11.3. The van der Waals surface area contributed by atoms with Crippen LogP contribution in [0.15, 0.2) is 18.2 Å². The van der Waals surface area contributed by atoms with Gasteiger partial charge in [-0.15, -0.1) is 0 Å². The van der Waals surface area contributed by atoms with Gasteiger partial charge >= 0.3 is 0 Å². The molecule has 92 valence electrons. The summed E-state index contributed by atoms with van der Waals surface area (Å²) in [5.74, 6) is -0.318. The van der Waals surface area contributed by atoms with E-state index in [1.165, 1.54) is 6.07 Å². The molecular formula is C13H15ClFNO. The van der Waals surface area contributed by atoms with Gasteiger partial charge < -0.3 is 5.32 Å². The van der Waals surface area contributed by atoms with Gasteiger partial charge in [0.2, 0.25) is 5.91 Å². The highest BCUT2D eigenvalue weighted by Gasteiger charge is 2.35. The predicted molar refractivity (Wildman–Crippen MR) is 65.5 cm³/mol. The Balaban J connectivity index is 2.18. The van der Waals surface area contributed by atoms with E-state index in [-0.39, 0.29) is 16.5 Å². The summed E-state index contributed by atoms with van der Waals surface area (Å²) in [7, 11) is 0. The molecule has 1 amide bonds. The highest BCUT2D eigenvalue weighted by atomic mass is 35.5. The van der Waals surface area contributed by atoms with Crippen LogP contribution < -0.4 is 5.32 Å². The topological polar surface area (TPSA) is 29.1 Å². The number of benzene rings is 1. The van der Waals surface area contributed by atoms with E-state index in [1.54, 1.807) is 6.07 Å². The predicted octanol–water partition coefficient (Wildman–Crippen LogP) is 3.08. The zero-order chi connectivity index (χ0) is 12.5. The molecular weight excluding hydrogens is 241 g/mol. The highest BCUT2D eigenvalue weighted by Crippen LogP contribution is 2.29. The van der Waals surface area contributed by atoms with Crippen LogP contribution in [0.5, 0.6) is 0 Å². The first-order chi connectivity index (χ1) is 8.04. The van der Waals surface area contributed by atoms with Crippen molar-refractivity contribution in [2.45, 2.75) is 38.1 Å². The number of carbonyl (C=O) groups excluding carboxylic acids is 1. The van der Waals surface area contributed by atoms with E-state index in [2.05, 4.69) is 5.32 Å². The summed E-state index contributed by atoms with van der Waals surface area (Å²) in [6, 6.07) is 4.82. The monoisotopic (exact) mass is 255 g/mol. The lowest BCUT2D eigenvalue weighted by atomic mass is 9.87. The molecule has 0 aliphatic carbocycles. The molecule has 17 heavy (non-hydrogen) atoms. The number of hydrogen-bond acceptors (Lipinski definition) is 1. The first kappa shape index (κ1) is 12.4. The van der Waals surface area contributed by atoms with Crippen molar-refractivity contribution in [2.24, 2.45) is 0 Å². The van der Waals surface area contributed by atoms with Crippen molar-refractivity contribution in [3.8, 4) is 0 Å². The fourth-order valence-electron chi connectivity index (χ4n) is 2.34. The molecule has 1 aliphatic rings. The Morgan fingerprint density at radius 1 is 1.53 bits per heavy atom. The average molecular weight is 256 g/mol. The van der Waals surface area contributed by atoms with Crippen molar-refractivity contribution in [3.05, 3.63) is 34.6 Å². The number of nitrogens with one attached hydrogen (secondary N) is 1. The second-order valence-corrected chi connectivity index (χ2v) is 5.01. The first-order valence-electron chi connectivity index (χ1n) is 5.79. The molecule has 1 aromatic rings. The fraction of sp³-hybridized carbons (Fsp3) is 0.462. The standard InChI is InChI=1S/C13H15ClFNO/c1-2-13(6-5-12(17)16-13)8-9-3-4-10(14)11(15)7-9/h3-4,7H,2,5-6,8H2,1H3,(H,16,17). The van der Waals surface area contributed by atoms with E-state index in [9.17, 15) is 9.18 Å². The summed E-state index contributed by atoms with van der Waals surface area (Å²) in [5.41, 5.74) is 0.660. The van der Waals surface area contributed by atoms with E-state index < -0.39 is 5.82 Å². The minimum atomic E-state index is -0.403. The molecule has 1 aromatic carbocycles. The molecule has 1 heterocycles. The van der Waals surface area contributed by atoms with Crippen molar-refractivity contribution in [3.63, 3.8) is 0 Å². The third-order valence-electron chi connectivity index (χ3n) is 3.44. The Labute approximate surface area is 105 Å². The van der Waals surface area contributed by atoms with Crippen molar-refractivity contribution in [1.82, 2.24) is 5.32 Å². The van der Waals surface area contributed by atoms with Crippen LogP contribution in [0.4, 0.5) is 4.39 Å². The largest absolute Gasteiger partial charge is 0.350 e. The van der Waals surface area contributed by atoms with Gasteiger partial charge in [0, 0.05) is 12.0 Å². The normalized spacial score (nSPS) is 23.8. The van der Waals surface area contributed by atoms with Gasteiger partial charge in [0.05, 0.1) is 5.02 Å². The fourth-order valence-corrected chi connectivity index (χ4v) is 2.45. The molecule has 4 heteroatoms. The first-order valence-corrected chi connectivity index (χ1v) is 6.17. The lowest BCUT2D eigenvalue weighted by Crippen LogP contribution is -2.42. The maximum Gasteiger partial charge on any atom is 0.220 e. The van der Waals surface area contributed by atoms with Gasteiger partial charge in [-0.1, -0.05) is 24.6 Å². The van der Waals surface area contributed by atoms with Crippen LogP contribution in [0.3, 0.4) is 0 Å². The van der Waals surface area contributed by atoms with Crippen LogP contribution in [0, 0.1) is 5.82 Å². The minimum absolute atomic E-state index is 0.0845. The van der Waals surface area contributed by atoms with E-state index >= 15 is 0 Å². The molecule has 2 rings (SSSR count). The van der Waals surface area contributed by atoms with Crippen molar-refractivity contribution < 1.29 is 9.18 Å². The molecule has 0 spiro atoms. The summed E-state index contributed by atoms with van der Waals surface area (Å²) < 4.78 is 13.3. The maximum atomic E-state index is 13.3. The summed E-state index contributed by atoms with van der Waals surface area (Å²) >= 11 is 5.64. The molecule has 1 atom stereocenters. The highest BCUT2D eigenvalue weighted by molar-refractivity contribution is 6.30. The van der Waals surface area contributed by atoms with Gasteiger partial charge in [0.1, 0.15) is 5.82 Å². The molecule has 0 radical (unpaired) electrons. The quantitative estimate of drug-likeness (QED) is 0.884. The molecule has 0 saturated carbocycles. The number of carbonyl (C=O) groups is 1. The van der Waals surface area contributed by atoms with Gasteiger partial charge in [-0.25, -0.2) is 4.39 Å². The Bertz CT molecular complexity index is 449. The third kappa shape index (κ3) is 2.60. The second kappa shape index (κ2) is 4.65. The van der Waals surface area contributed by atoms with Crippen LogP contribution in [0.2, 0.25) is 5.02 Å². The van der Waals surface area contributed by atoms with E-state index in [4.69, 9.17) is 11.6 Å². The number of hydrogen-bond donors (Lipinski definition) is 1. The number of halogens is 2. The molecule has 1 unspecified atom stereocenters. The number of amides is 1. The van der Waals surface area contributed by atoms with Crippen molar-refractivity contribution in [1.29, 1.82) is 0 Å². The van der Waals surface area contributed by atoms with Crippen LogP contribution in [0.25, 0.3) is 0 Å². The maximum absolute atomic E-state index is 13.3. The Morgan fingerprint density at radius 3 is 2.82 bits per heavy atom. The molecule has 2 nitrogen and oxygen atoms in total. The van der Waals surface area contributed by atoms with E-state index in [0.29, 0.717) is 12.8 Å². The van der Waals surface area contributed by atoms with E-state index in [0.717, 1.165) is 18.4 Å². The molecule has 1 aliphatic heterocycles. The molecule has 0 aromatic heterocycles. The second-order valence-electron chi connectivity index (χ2n) is 4.61. The zero-order valence-corrected chi connectivity index (χ0v) is 10.5. The van der Waals surface area contributed by atoms with Crippen molar-refractivity contribution in [2.75, 3.05) is 0 Å². The third-order valence-corrected chi connectivity index (χ3v) is 3.75. The average Bonchev–Trinajstić information content (AvgIpc) is 2.66.